The van der Waals surface area contributed by atoms with Crippen molar-refractivity contribution in [3.05, 3.63) is 0 Å². The van der Waals surface area contributed by atoms with Gasteiger partial charge in [0.1, 0.15) is 0 Å². The van der Waals surface area contributed by atoms with E-state index in [1.54, 1.807) is 0 Å². The summed E-state index contributed by atoms with van der Waals surface area (Å²) in [5.41, 5.74) is 0. The first-order valence-electron chi connectivity index (χ1n) is 15.3. The van der Waals surface area contributed by atoms with Crippen molar-refractivity contribution in [2.24, 2.45) is 0 Å². The van der Waals surface area contributed by atoms with E-state index in [2.05, 4.69) is 54.1 Å². The summed E-state index contributed by atoms with van der Waals surface area (Å²) >= 11 is 0. The minimum absolute atomic E-state index is 0.667. The molecular weight excluding hydrogens is 516 g/mol. The standard InChI is InChI=1S/C14H32N2O3Si.C13H30N2O2Si/c1-5-17-20(18-6-2,19-7-3)14-8-9-16-12-10-15(4)11-13-16;1-5-16-18(4,17-6-2)13-7-8-15-11-9-14(3)10-12-15/h5-14H2,1-4H3;5-13H2,1-4H3. The number of hydrogen-bond donors (Lipinski definition) is 0. The van der Waals surface area contributed by atoms with Crippen LogP contribution < -0.4 is 0 Å². The van der Waals surface area contributed by atoms with Crippen LogP contribution in [0.1, 0.15) is 47.5 Å². The molecule has 0 aromatic heterocycles. The molecule has 0 unspecified atom stereocenters. The van der Waals surface area contributed by atoms with Gasteiger partial charge in [0.2, 0.25) is 0 Å². The molecule has 0 spiro atoms. The van der Waals surface area contributed by atoms with E-state index in [4.69, 9.17) is 22.1 Å². The minimum Gasteiger partial charge on any atom is -0.395 e. The molecule has 0 atom stereocenters. The molecule has 0 radical (unpaired) electrons. The number of rotatable bonds is 18. The number of nitrogens with zero attached hydrogens (tertiary/aromatic N) is 4. The molecule has 0 N–H and O–H groups in total. The zero-order valence-electron chi connectivity index (χ0n) is 26.3. The van der Waals surface area contributed by atoms with Crippen molar-refractivity contribution < 1.29 is 22.1 Å². The van der Waals surface area contributed by atoms with E-state index in [-0.39, 0.29) is 0 Å². The molecule has 38 heavy (non-hydrogen) atoms. The molecule has 0 aromatic rings. The lowest BCUT2D eigenvalue weighted by Gasteiger charge is -2.33. The summed E-state index contributed by atoms with van der Waals surface area (Å²) in [6.45, 7) is 27.7. The molecular formula is C27H62N4O5Si2. The lowest BCUT2D eigenvalue weighted by atomic mass is 10.3. The monoisotopic (exact) mass is 578 g/mol. The van der Waals surface area contributed by atoms with Crippen LogP contribution in [0, 0.1) is 0 Å². The maximum absolute atomic E-state index is 5.88. The molecule has 228 valence electrons. The van der Waals surface area contributed by atoms with Crippen LogP contribution in [-0.2, 0) is 22.1 Å². The molecule has 2 aliphatic heterocycles. The van der Waals surface area contributed by atoms with Crippen LogP contribution in [0.15, 0.2) is 0 Å². The molecule has 9 nitrogen and oxygen atoms in total. The topological polar surface area (TPSA) is 59.1 Å². The Balaban J connectivity index is 0.000000382. The summed E-state index contributed by atoms with van der Waals surface area (Å²) in [7, 11) is 0.0737. The van der Waals surface area contributed by atoms with Crippen LogP contribution in [0.2, 0.25) is 18.6 Å². The van der Waals surface area contributed by atoms with Crippen molar-refractivity contribution in [2.75, 3.05) is 113 Å². The maximum atomic E-state index is 5.88. The molecule has 2 heterocycles. The van der Waals surface area contributed by atoms with Crippen molar-refractivity contribution in [1.82, 2.24) is 19.6 Å². The third-order valence-corrected chi connectivity index (χ3v) is 13.5. The molecule has 0 bridgehead atoms. The van der Waals surface area contributed by atoms with Crippen LogP contribution >= 0.6 is 0 Å². The zero-order valence-corrected chi connectivity index (χ0v) is 28.3. The van der Waals surface area contributed by atoms with E-state index >= 15 is 0 Å². The zero-order chi connectivity index (χ0) is 28.3. The second-order valence-electron chi connectivity index (χ2n) is 10.5. The highest BCUT2D eigenvalue weighted by Gasteiger charge is 2.39. The fraction of sp³-hybridized carbons (Fsp3) is 1.00. The summed E-state index contributed by atoms with van der Waals surface area (Å²) in [5.74, 6) is 0. The summed E-state index contributed by atoms with van der Waals surface area (Å²) in [6.07, 6.45) is 2.29. The summed E-state index contributed by atoms with van der Waals surface area (Å²) in [4.78, 5) is 9.88. The fourth-order valence-electron chi connectivity index (χ4n) is 5.08. The van der Waals surface area contributed by atoms with E-state index < -0.39 is 17.4 Å². The third-order valence-electron chi connectivity index (χ3n) is 7.25. The molecule has 0 aromatic carbocycles. The molecule has 0 aliphatic carbocycles. The van der Waals surface area contributed by atoms with Gasteiger partial charge in [-0.1, -0.05) is 0 Å². The van der Waals surface area contributed by atoms with Crippen LogP contribution in [0.25, 0.3) is 0 Å². The normalized spacial score (nSPS) is 18.9. The maximum Gasteiger partial charge on any atom is 0.500 e. The number of likely N-dealkylation sites (N-methyl/N-ethyl adjacent to an activating group) is 2. The quantitative estimate of drug-likeness (QED) is 0.228. The van der Waals surface area contributed by atoms with Gasteiger partial charge in [-0.25, -0.2) is 0 Å². The van der Waals surface area contributed by atoms with Gasteiger partial charge in [-0.3, -0.25) is 0 Å². The van der Waals surface area contributed by atoms with E-state index in [0.29, 0.717) is 19.8 Å². The summed E-state index contributed by atoms with van der Waals surface area (Å²) < 4.78 is 29.4. The Morgan fingerprint density at radius 1 is 0.500 bits per heavy atom. The lowest BCUT2D eigenvalue weighted by molar-refractivity contribution is 0.0691. The molecule has 2 saturated heterocycles. The van der Waals surface area contributed by atoms with Crippen LogP contribution in [0.3, 0.4) is 0 Å². The first-order valence-corrected chi connectivity index (χ1v) is 19.7. The second kappa shape index (κ2) is 20.9. The summed E-state index contributed by atoms with van der Waals surface area (Å²) in [6, 6.07) is 2.04. The van der Waals surface area contributed by atoms with Crippen LogP contribution in [0.4, 0.5) is 0 Å². The lowest BCUT2D eigenvalue weighted by Crippen LogP contribution is -2.48. The molecule has 2 fully saturated rings. The SMILES string of the molecule is CCO[Si](C)(CCCN1CCN(C)CC1)OCC.CCO[Si](CCCN1CCN(C)CC1)(OCC)OCC. The Morgan fingerprint density at radius 2 is 0.842 bits per heavy atom. The number of piperazine rings is 2. The van der Waals surface area contributed by atoms with Crippen LogP contribution in [-0.4, -0.2) is 150 Å². The largest absolute Gasteiger partial charge is 0.500 e. The predicted octanol–water partition coefficient (Wildman–Crippen LogP) is 3.44. The third kappa shape index (κ3) is 15.2. The van der Waals surface area contributed by atoms with Crippen molar-refractivity contribution >= 4 is 17.4 Å². The Hall–Kier alpha value is 0.0738. The van der Waals surface area contributed by atoms with Crippen molar-refractivity contribution in [1.29, 1.82) is 0 Å². The Bertz CT molecular complexity index is 543. The fourth-order valence-corrected chi connectivity index (χ4v) is 10.1. The van der Waals surface area contributed by atoms with Gasteiger partial charge in [-0.05, 0) is 87.2 Å². The average molecular weight is 579 g/mol. The highest BCUT2D eigenvalue weighted by Crippen LogP contribution is 2.19. The van der Waals surface area contributed by atoms with Gasteiger partial charge in [0.05, 0.1) is 0 Å². The number of hydrogen-bond acceptors (Lipinski definition) is 9. The van der Waals surface area contributed by atoms with Gasteiger partial charge in [0.25, 0.3) is 0 Å². The van der Waals surface area contributed by atoms with E-state index in [9.17, 15) is 0 Å². The van der Waals surface area contributed by atoms with Gasteiger partial charge in [0.15, 0.2) is 0 Å². The van der Waals surface area contributed by atoms with Gasteiger partial charge in [-0.15, -0.1) is 0 Å². The van der Waals surface area contributed by atoms with Crippen molar-refractivity contribution in [3.63, 3.8) is 0 Å². The minimum atomic E-state index is -2.43. The van der Waals surface area contributed by atoms with Gasteiger partial charge >= 0.3 is 17.4 Å². The molecule has 0 amide bonds. The average Bonchev–Trinajstić information content (AvgIpc) is 2.88. The van der Waals surface area contributed by atoms with E-state index in [1.807, 2.05) is 20.8 Å². The molecule has 2 rings (SSSR count). The molecule has 2 aliphatic rings. The Labute approximate surface area is 237 Å². The van der Waals surface area contributed by atoms with Gasteiger partial charge < -0.3 is 41.7 Å². The first kappa shape index (κ1) is 36.1. The second-order valence-corrected chi connectivity index (χ2v) is 16.6. The Morgan fingerprint density at radius 3 is 1.18 bits per heavy atom. The molecule has 0 saturated carbocycles. The van der Waals surface area contributed by atoms with Crippen molar-refractivity contribution in [2.45, 2.75) is 66.1 Å². The molecule has 11 heteroatoms. The van der Waals surface area contributed by atoms with E-state index in [1.165, 1.54) is 65.3 Å². The van der Waals surface area contributed by atoms with Gasteiger partial charge in [0, 0.05) is 91.4 Å². The van der Waals surface area contributed by atoms with E-state index in [0.717, 1.165) is 38.3 Å². The Kier molecular flexibility index (Phi) is 19.8. The van der Waals surface area contributed by atoms with Crippen LogP contribution in [0.5, 0.6) is 0 Å². The highest BCUT2D eigenvalue weighted by atomic mass is 28.4. The smallest absolute Gasteiger partial charge is 0.395 e. The first-order chi connectivity index (χ1) is 18.2. The van der Waals surface area contributed by atoms with Crippen molar-refractivity contribution in [3.8, 4) is 0 Å². The highest BCUT2D eigenvalue weighted by molar-refractivity contribution is 6.66. The predicted molar refractivity (Wildman–Crippen MR) is 162 cm³/mol. The summed E-state index contributed by atoms with van der Waals surface area (Å²) in [5, 5.41) is 0. The van der Waals surface area contributed by atoms with Gasteiger partial charge in [-0.2, -0.15) is 0 Å².